The van der Waals surface area contributed by atoms with Crippen molar-refractivity contribution in [3.05, 3.63) is 43.2 Å². The normalized spacial score (nSPS) is 19.6. The predicted molar refractivity (Wildman–Crippen MR) is 51.1 cm³/mol. The first-order valence-corrected chi connectivity index (χ1v) is 3.83. The second-order valence-electron chi connectivity index (χ2n) is 2.62. The van der Waals surface area contributed by atoms with Gasteiger partial charge in [0.1, 0.15) is 6.54 Å². The van der Waals surface area contributed by atoms with Gasteiger partial charge in [0, 0.05) is 0 Å². The van der Waals surface area contributed by atoms with Crippen LogP contribution in [0.1, 0.15) is 0 Å². The van der Waals surface area contributed by atoms with Crippen LogP contribution in [0.15, 0.2) is 38.0 Å². The van der Waals surface area contributed by atoms with E-state index in [0.29, 0.717) is 0 Å². The highest BCUT2D eigenvalue weighted by atomic mass is 16.6. The fraction of sp³-hybridized carbons (Fsp3) is 0.333. The van der Waals surface area contributed by atoms with Crippen LogP contribution in [0.5, 0.6) is 0 Å². The minimum atomic E-state index is -1.38. The summed E-state index contributed by atoms with van der Waals surface area (Å²) < 4.78 is -1.24. The van der Waals surface area contributed by atoms with Gasteiger partial charge in [-0.25, -0.2) is 0 Å². The van der Waals surface area contributed by atoms with E-state index >= 15 is 0 Å². The molecule has 0 aliphatic carbocycles. The van der Waals surface area contributed by atoms with Crippen molar-refractivity contribution in [1.29, 1.82) is 0 Å². The van der Waals surface area contributed by atoms with Crippen LogP contribution in [-0.4, -0.2) is 33.9 Å². The molecule has 0 heterocycles. The maximum absolute atomic E-state index is 11.8. The van der Waals surface area contributed by atoms with Crippen LogP contribution in [0, 0.1) is 5.21 Å². The number of aliphatic hydroxyl groups is 2. The lowest BCUT2D eigenvalue weighted by Crippen LogP contribution is -2.56. The Hall–Kier alpha value is -0.940. The van der Waals surface area contributed by atoms with Crippen molar-refractivity contribution in [1.82, 2.24) is 0 Å². The van der Waals surface area contributed by atoms with Crippen molar-refractivity contribution in [2.45, 2.75) is 12.5 Å². The Morgan fingerprint density at radius 3 is 1.77 bits per heavy atom. The number of aliphatic hydroxyl groups excluding tert-OH is 2. The Morgan fingerprint density at radius 1 is 1.15 bits per heavy atom. The predicted octanol–water partition coefficient (Wildman–Crippen LogP) is 0.496. The van der Waals surface area contributed by atoms with Crippen molar-refractivity contribution in [2.24, 2.45) is 0 Å². The second kappa shape index (κ2) is 4.94. The number of hydrogen-bond acceptors (Lipinski definition) is 3. The molecule has 0 aromatic rings. The Labute approximate surface area is 77.9 Å². The largest absolute Gasteiger partial charge is 0.628 e. The maximum atomic E-state index is 11.8. The molecule has 0 aromatic heterocycles. The first-order valence-electron chi connectivity index (χ1n) is 3.83. The molecule has 0 radical (unpaired) electrons. The highest BCUT2D eigenvalue weighted by molar-refractivity contribution is 4.81. The summed E-state index contributed by atoms with van der Waals surface area (Å²) in [7, 11) is 0. The fourth-order valence-corrected chi connectivity index (χ4v) is 0.931. The third-order valence-electron chi connectivity index (χ3n) is 1.73. The number of nitrogens with zero attached hydrogens (tertiary/aromatic N) is 1. The molecular weight excluding hydrogens is 170 g/mol. The molecule has 2 atom stereocenters. The van der Waals surface area contributed by atoms with Crippen molar-refractivity contribution in [3.63, 3.8) is 0 Å². The number of rotatable bonds is 6. The molecule has 4 nitrogen and oxygen atoms in total. The van der Waals surface area contributed by atoms with Crippen LogP contribution in [0.25, 0.3) is 0 Å². The molecule has 0 fully saturated rings. The smallest absolute Gasteiger partial charge is 0.212 e. The molecule has 0 aliphatic rings. The van der Waals surface area contributed by atoms with Crippen molar-refractivity contribution in [2.75, 3.05) is 6.54 Å². The van der Waals surface area contributed by atoms with Crippen LogP contribution in [0.4, 0.5) is 0 Å². The van der Waals surface area contributed by atoms with E-state index in [9.17, 15) is 15.4 Å². The fourth-order valence-electron chi connectivity index (χ4n) is 0.931. The quantitative estimate of drug-likeness (QED) is 0.274. The van der Waals surface area contributed by atoms with Gasteiger partial charge in [-0.15, -0.1) is 0 Å². The van der Waals surface area contributed by atoms with Gasteiger partial charge in [-0.1, -0.05) is 19.7 Å². The van der Waals surface area contributed by atoms with Crippen LogP contribution in [0.2, 0.25) is 0 Å². The van der Waals surface area contributed by atoms with E-state index in [4.69, 9.17) is 0 Å². The van der Waals surface area contributed by atoms with Gasteiger partial charge < -0.3 is 20.1 Å². The van der Waals surface area contributed by atoms with Gasteiger partial charge in [0.25, 0.3) is 0 Å². The zero-order chi connectivity index (χ0) is 10.5. The first kappa shape index (κ1) is 12.1. The SMILES string of the molecule is C=CC[N+]([O-])(C(O)C=C)C(O)C=C. The molecule has 0 amide bonds. The first-order chi connectivity index (χ1) is 6.02. The average molecular weight is 185 g/mol. The lowest BCUT2D eigenvalue weighted by molar-refractivity contribution is -0.950. The summed E-state index contributed by atoms with van der Waals surface area (Å²) in [4.78, 5) is 0. The third kappa shape index (κ3) is 2.50. The zero-order valence-corrected chi connectivity index (χ0v) is 7.47. The number of hydrogen-bond donors (Lipinski definition) is 2. The summed E-state index contributed by atoms with van der Waals surface area (Å²) >= 11 is 0. The molecule has 0 bridgehead atoms. The average Bonchev–Trinajstić information content (AvgIpc) is 2.15. The second-order valence-corrected chi connectivity index (χ2v) is 2.62. The van der Waals surface area contributed by atoms with Gasteiger partial charge >= 0.3 is 0 Å². The van der Waals surface area contributed by atoms with E-state index in [1.807, 2.05) is 0 Å². The van der Waals surface area contributed by atoms with Crippen LogP contribution in [0.3, 0.4) is 0 Å². The number of hydroxylamine groups is 3. The van der Waals surface area contributed by atoms with Crippen LogP contribution in [-0.2, 0) is 0 Å². The Morgan fingerprint density at radius 2 is 1.54 bits per heavy atom. The summed E-state index contributed by atoms with van der Waals surface area (Å²) in [5.41, 5.74) is 0. The van der Waals surface area contributed by atoms with E-state index in [1.54, 1.807) is 0 Å². The summed E-state index contributed by atoms with van der Waals surface area (Å²) in [5, 5.41) is 30.4. The molecule has 0 aromatic carbocycles. The van der Waals surface area contributed by atoms with Gasteiger partial charge in [0.2, 0.25) is 12.5 Å². The van der Waals surface area contributed by atoms with E-state index < -0.39 is 17.1 Å². The van der Waals surface area contributed by atoms with E-state index in [2.05, 4.69) is 19.7 Å². The lowest BCUT2D eigenvalue weighted by atomic mass is 10.3. The molecule has 0 saturated carbocycles. The van der Waals surface area contributed by atoms with Gasteiger partial charge in [0.05, 0.1) is 0 Å². The summed E-state index contributed by atoms with van der Waals surface area (Å²) in [6.07, 6.45) is 0.704. The lowest BCUT2D eigenvalue weighted by Gasteiger charge is -2.46. The minimum Gasteiger partial charge on any atom is -0.628 e. The molecule has 4 heteroatoms. The maximum Gasteiger partial charge on any atom is 0.212 e. The summed E-state index contributed by atoms with van der Waals surface area (Å²) in [6.45, 7) is 9.82. The van der Waals surface area contributed by atoms with Crippen molar-refractivity contribution >= 4 is 0 Å². The molecular formula is C9H15NO3. The third-order valence-corrected chi connectivity index (χ3v) is 1.73. The minimum absolute atomic E-state index is 0.111. The Balaban J connectivity index is 4.78. The Bertz CT molecular complexity index is 189. The van der Waals surface area contributed by atoms with E-state index in [-0.39, 0.29) is 6.54 Å². The van der Waals surface area contributed by atoms with Crippen molar-refractivity contribution < 1.29 is 14.9 Å². The van der Waals surface area contributed by atoms with Gasteiger partial charge in [-0.3, -0.25) is 0 Å². The molecule has 74 valence electrons. The van der Waals surface area contributed by atoms with E-state index in [0.717, 1.165) is 12.2 Å². The molecule has 0 aliphatic heterocycles. The molecule has 2 N–H and O–H groups in total. The topological polar surface area (TPSA) is 63.5 Å². The standard InChI is InChI=1S/C9H15NO3/c1-4-7-10(13,8(11)5-2)9(12)6-3/h4-6,8-9,11-12H,1-3,7H2. The highest BCUT2D eigenvalue weighted by Crippen LogP contribution is 2.16. The Kier molecular flexibility index (Phi) is 4.58. The summed E-state index contributed by atoms with van der Waals surface area (Å²) in [5.74, 6) is 0. The summed E-state index contributed by atoms with van der Waals surface area (Å²) in [6, 6.07) is 0. The van der Waals surface area contributed by atoms with Gasteiger partial charge in [0.15, 0.2) is 0 Å². The highest BCUT2D eigenvalue weighted by Gasteiger charge is 2.29. The van der Waals surface area contributed by atoms with Crippen molar-refractivity contribution in [3.8, 4) is 0 Å². The molecule has 0 saturated heterocycles. The van der Waals surface area contributed by atoms with Gasteiger partial charge in [-0.05, 0) is 18.2 Å². The van der Waals surface area contributed by atoms with Gasteiger partial charge in [-0.2, -0.15) is 0 Å². The van der Waals surface area contributed by atoms with E-state index in [1.165, 1.54) is 6.08 Å². The van der Waals surface area contributed by atoms with Crippen LogP contribution < -0.4 is 0 Å². The monoisotopic (exact) mass is 185 g/mol. The molecule has 13 heavy (non-hydrogen) atoms. The molecule has 0 spiro atoms. The zero-order valence-electron chi connectivity index (χ0n) is 7.47. The molecule has 2 unspecified atom stereocenters. The molecule has 0 rings (SSSR count). The van der Waals surface area contributed by atoms with Crippen LogP contribution >= 0.6 is 0 Å². The number of quaternary nitrogens is 1.